The standard InChI is InChI=1S/C12H14BrNO3S/c1-12(2)8-10(14-17-12)18(15,16)11(13)9-6-4-3-5-7-9/h3-7,11H,8H2,1-2H3. The van der Waals surface area contributed by atoms with Crippen LogP contribution in [0.15, 0.2) is 35.5 Å². The van der Waals surface area contributed by atoms with E-state index < -0.39 is 19.6 Å². The van der Waals surface area contributed by atoms with Crippen LogP contribution in [0, 0.1) is 0 Å². The summed E-state index contributed by atoms with van der Waals surface area (Å²) in [7, 11) is -3.52. The first kappa shape index (κ1) is 13.5. The van der Waals surface area contributed by atoms with E-state index in [1.807, 2.05) is 19.9 Å². The molecule has 0 aliphatic carbocycles. The Morgan fingerprint density at radius 3 is 2.44 bits per heavy atom. The van der Waals surface area contributed by atoms with Crippen LogP contribution in [0.3, 0.4) is 0 Å². The molecule has 0 spiro atoms. The van der Waals surface area contributed by atoms with Gasteiger partial charge in [0.05, 0.1) is 0 Å². The van der Waals surface area contributed by atoms with Crippen molar-refractivity contribution in [1.82, 2.24) is 0 Å². The van der Waals surface area contributed by atoms with Gasteiger partial charge in [-0.1, -0.05) is 51.4 Å². The van der Waals surface area contributed by atoms with Gasteiger partial charge in [-0.05, 0) is 19.4 Å². The topological polar surface area (TPSA) is 55.7 Å². The van der Waals surface area contributed by atoms with Crippen molar-refractivity contribution < 1.29 is 13.3 Å². The maximum atomic E-state index is 12.4. The SMILES string of the molecule is CC1(C)CC(S(=O)(=O)C(Br)c2ccccc2)=NO1. The molecule has 0 bridgehead atoms. The number of alkyl halides is 1. The molecular formula is C12H14BrNO3S. The van der Waals surface area contributed by atoms with E-state index in [1.54, 1.807) is 24.3 Å². The molecule has 1 aliphatic rings. The molecule has 2 rings (SSSR count). The number of sulfone groups is 1. The van der Waals surface area contributed by atoms with Crippen molar-refractivity contribution >= 4 is 30.8 Å². The maximum absolute atomic E-state index is 12.4. The average molecular weight is 332 g/mol. The number of oxime groups is 1. The molecule has 0 amide bonds. The predicted octanol–water partition coefficient (Wildman–Crippen LogP) is 3.01. The van der Waals surface area contributed by atoms with Gasteiger partial charge in [-0.25, -0.2) is 8.42 Å². The molecule has 1 heterocycles. The van der Waals surface area contributed by atoms with E-state index >= 15 is 0 Å². The quantitative estimate of drug-likeness (QED) is 0.783. The van der Waals surface area contributed by atoms with Crippen molar-refractivity contribution in [3.63, 3.8) is 0 Å². The van der Waals surface area contributed by atoms with Crippen LogP contribution >= 0.6 is 15.9 Å². The molecule has 1 unspecified atom stereocenters. The second kappa shape index (κ2) is 4.66. The summed E-state index contributed by atoms with van der Waals surface area (Å²) in [5.74, 6) is 0. The molecule has 4 nitrogen and oxygen atoms in total. The number of hydrogen-bond acceptors (Lipinski definition) is 4. The molecule has 98 valence electrons. The minimum Gasteiger partial charge on any atom is -0.389 e. The minimum absolute atomic E-state index is 0.0956. The van der Waals surface area contributed by atoms with Crippen LogP contribution in [-0.2, 0) is 14.7 Å². The minimum atomic E-state index is -3.52. The van der Waals surface area contributed by atoms with Gasteiger partial charge >= 0.3 is 0 Å². The summed E-state index contributed by atoms with van der Waals surface area (Å²) in [5, 5.41) is 3.80. The zero-order valence-corrected chi connectivity index (χ0v) is 12.5. The largest absolute Gasteiger partial charge is 0.389 e. The molecule has 6 heteroatoms. The average Bonchev–Trinajstić information content (AvgIpc) is 2.70. The van der Waals surface area contributed by atoms with Gasteiger partial charge in [-0.15, -0.1) is 0 Å². The Bertz CT molecular complexity index is 566. The molecule has 0 radical (unpaired) electrons. The zero-order valence-electron chi connectivity index (χ0n) is 10.1. The zero-order chi connectivity index (χ0) is 13.4. The molecule has 1 atom stereocenters. The fraction of sp³-hybridized carbons (Fsp3) is 0.417. The molecule has 1 aromatic rings. The van der Waals surface area contributed by atoms with Gasteiger partial charge in [-0.3, -0.25) is 0 Å². The number of nitrogens with zero attached hydrogens (tertiary/aromatic N) is 1. The summed E-state index contributed by atoms with van der Waals surface area (Å²) in [5.41, 5.74) is 0.135. The van der Waals surface area contributed by atoms with Crippen LogP contribution in [0.2, 0.25) is 0 Å². The monoisotopic (exact) mass is 331 g/mol. The Hall–Kier alpha value is -0.880. The van der Waals surface area contributed by atoms with Crippen molar-refractivity contribution in [2.45, 2.75) is 30.0 Å². The van der Waals surface area contributed by atoms with Gasteiger partial charge in [0.1, 0.15) is 9.76 Å². The molecule has 0 saturated carbocycles. The highest BCUT2D eigenvalue weighted by Gasteiger charge is 2.39. The third-order valence-corrected chi connectivity index (χ3v) is 6.33. The van der Waals surface area contributed by atoms with E-state index in [0.29, 0.717) is 12.0 Å². The van der Waals surface area contributed by atoms with Gasteiger partial charge in [0.25, 0.3) is 0 Å². The lowest BCUT2D eigenvalue weighted by Gasteiger charge is -2.14. The number of rotatable bonds is 2. The van der Waals surface area contributed by atoms with Crippen LogP contribution in [-0.4, -0.2) is 19.1 Å². The molecule has 0 saturated heterocycles. The van der Waals surface area contributed by atoms with Crippen LogP contribution in [0.1, 0.15) is 30.0 Å². The summed E-state index contributed by atoms with van der Waals surface area (Å²) in [6.07, 6.45) is 0.296. The van der Waals surface area contributed by atoms with Crippen molar-refractivity contribution in [3.05, 3.63) is 35.9 Å². The predicted molar refractivity (Wildman–Crippen MR) is 74.2 cm³/mol. The van der Waals surface area contributed by atoms with E-state index in [1.165, 1.54) is 0 Å². The van der Waals surface area contributed by atoms with E-state index in [0.717, 1.165) is 0 Å². The molecule has 1 aromatic carbocycles. The lowest BCUT2D eigenvalue weighted by Crippen LogP contribution is -2.24. The Labute approximate surface area is 115 Å². The fourth-order valence-electron chi connectivity index (χ4n) is 1.66. The normalized spacial score (nSPS) is 20.1. The smallest absolute Gasteiger partial charge is 0.212 e. The van der Waals surface area contributed by atoms with Crippen molar-refractivity contribution in [2.75, 3.05) is 0 Å². The van der Waals surface area contributed by atoms with Crippen molar-refractivity contribution in [3.8, 4) is 0 Å². The highest BCUT2D eigenvalue weighted by molar-refractivity contribution is 9.11. The highest BCUT2D eigenvalue weighted by Crippen LogP contribution is 2.35. The molecular weight excluding hydrogens is 318 g/mol. The van der Waals surface area contributed by atoms with E-state index in [2.05, 4.69) is 21.1 Å². The van der Waals surface area contributed by atoms with Gasteiger partial charge in [0.2, 0.25) is 9.84 Å². The molecule has 1 aliphatic heterocycles. The first-order valence-corrected chi connectivity index (χ1v) is 7.97. The number of halogens is 1. The summed E-state index contributed by atoms with van der Waals surface area (Å²) in [6.45, 7) is 3.62. The van der Waals surface area contributed by atoms with Crippen molar-refractivity contribution in [1.29, 1.82) is 0 Å². The maximum Gasteiger partial charge on any atom is 0.212 e. The molecule has 0 aromatic heterocycles. The summed E-state index contributed by atoms with van der Waals surface area (Å²) < 4.78 is 23.9. The van der Waals surface area contributed by atoms with Crippen LogP contribution in [0.4, 0.5) is 0 Å². The van der Waals surface area contributed by atoms with Crippen LogP contribution in [0.25, 0.3) is 0 Å². The number of benzene rings is 1. The second-order valence-electron chi connectivity index (χ2n) is 4.78. The third kappa shape index (κ3) is 2.59. The van der Waals surface area contributed by atoms with Gasteiger partial charge in [-0.2, -0.15) is 0 Å². The van der Waals surface area contributed by atoms with E-state index in [-0.39, 0.29) is 5.04 Å². The lowest BCUT2D eigenvalue weighted by molar-refractivity contribution is 0.0123. The van der Waals surface area contributed by atoms with E-state index in [4.69, 9.17) is 4.84 Å². The van der Waals surface area contributed by atoms with Crippen LogP contribution < -0.4 is 0 Å². The lowest BCUT2D eigenvalue weighted by atomic mass is 10.1. The van der Waals surface area contributed by atoms with Crippen molar-refractivity contribution in [2.24, 2.45) is 5.16 Å². The fourth-order valence-corrected chi connectivity index (χ4v) is 4.06. The number of hydrogen-bond donors (Lipinski definition) is 0. The Morgan fingerprint density at radius 1 is 1.33 bits per heavy atom. The van der Waals surface area contributed by atoms with Gasteiger partial charge < -0.3 is 4.84 Å². The summed E-state index contributed by atoms with van der Waals surface area (Å²) in [4.78, 5) is 5.11. The third-order valence-electron chi connectivity index (χ3n) is 2.63. The van der Waals surface area contributed by atoms with Gasteiger partial charge in [0.15, 0.2) is 5.04 Å². The first-order valence-electron chi connectivity index (χ1n) is 5.51. The second-order valence-corrected chi connectivity index (χ2v) is 8.34. The summed E-state index contributed by atoms with van der Waals surface area (Å²) in [6, 6.07) is 8.97. The van der Waals surface area contributed by atoms with E-state index in [9.17, 15) is 8.42 Å². The molecule has 0 fully saturated rings. The molecule has 18 heavy (non-hydrogen) atoms. The summed E-state index contributed by atoms with van der Waals surface area (Å²) >= 11 is 3.23. The van der Waals surface area contributed by atoms with Gasteiger partial charge in [0, 0.05) is 6.42 Å². The highest BCUT2D eigenvalue weighted by atomic mass is 79.9. The Morgan fingerprint density at radius 2 is 1.94 bits per heavy atom. The van der Waals surface area contributed by atoms with Crippen LogP contribution in [0.5, 0.6) is 0 Å². The first-order chi connectivity index (χ1) is 8.33. The Balaban J connectivity index is 2.28. The molecule has 0 N–H and O–H groups in total. The Kier molecular flexibility index (Phi) is 3.51.